The summed E-state index contributed by atoms with van der Waals surface area (Å²) in [4.78, 5) is 14.0. The maximum Gasteiger partial charge on any atom is 0.326 e. The van der Waals surface area contributed by atoms with Crippen molar-refractivity contribution in [3.05, 3.63) is 59.9 Å². The van der Waals surface area contributed by atoms with Crippen molar-refractivity contribution >= 4 is 17.4 Å². The van der Waals surface area contributed by atoms with E-state index in [0.717, 1.165) is 11.3 Å². The van der Waals surface area contributed by atoms with Crippen molar-refractivity contribution in [1.29, 1.82) is 0 Å². The van der Waals surface area contributed by atoms with Gasteiger partial charge >= 0.3 is 6.03 Å². The van der Waals surface area contributed by atoms with Gasteiger partial charge in [-0.2, -0.15) is 0 Å². The van der Waals surface area contributed by atoms with Gasteiger partial charge in [-0.05, 0) is 36.2 Å². The number of anilines is 2. The Hall–Kier alpha value is -2.40. The number of nitrogens with zero attached hydrogens (tertiary/aromatic N) is 1. The van der Waals surface area contributed by atoms with Gasteiger partial charge < -0.3 is 11.1 Å². The van der Waals surface area contributed by atoms with Gasteiger partial charge in [-0.25, -0.2) is 9.18 Å². The summed E-state index contributed by atoms with van der Waals surface area (Å²) >= 11 is 0. The summed E-state index contributed by atoms with van der Waals surface area (Å²) in [5, 5.41) is 2.71. The first-order valence-corrected chi connectivity index (χ1v) is 6.84. The number of amides is 2. The molecule has 0 radical (unpaired) electrons. The molecule has 0 fully saturated rings. The Labute approximate surface area is 122 Å². The zero-order valence-electron chi connectivity index (χ0n) is 11.4. The topological polar surface area (TPSA) is 58.4 Å². The van der Waals surface area contributed by atoms with Crippen LogP contribution in [-0.2, 0) is 0 Å². The Kier molecular flexibility index (Phi) is 3.58. The Bertz CT molecular complexity index is 674. The van der Waals surface area contributed by atoms with Crippen molar-refractivity contribution < 1.29 is 9.18 Å². The lowest BCUT2D eigenvalue weighted by molar-refractivity contribution is 0.256. The average Bonchev–Trinajstić information content (AvgIpc) is 2.48. The lowest BCUT2D eigenvalue weighted by atomic mass is 9.97. The third-order valence-corrected chi connectivity index (χ3v) is 3.61. The van der Waals surface area contributed by atoms with Gasteiger partial charge in [0.15, 0.2) is 0 Å². The molecule has 0 bridgehead atoms. The van der Waals surface area contributed by atoms with Gasteiger partial charge in [-0.3, -0.25) is 4.90 Å². The van der Waals surface area contributed by atoms with Crippen LogP contribution in [0.1, 0.15) is 18.0 Å². The predicted octanol–water partition coefficient (Wildman–Crippen LogP) is 3.27. The maximum atomic E-state index is 13.2. The molecule has 1 unspecified atom stereocenters. The van der Waals surface area contributed by atoms with E-state index in [9.17, 15) is 9.18 Å². The fourth-order valence-electron chi connectivity index (χ4n) is 2.56. The van der Waals surface area contributed by atoms with E-state index in [0.29, 0.717) is 18.7 Å². The first-order valence-electron chi connectivity index (χ1n) is 6.84. The zero-order valence-corrected chi connectivity index (χ0v) is 11.4. The normalized spacial score (nSPS) is 17.2. The summed E-state index contributed by atoms with van der Waals surface area (Å²) in [5.74, 6) is -0.381. The third kappa shape index (κ3) is 2.73. The molecule has 0 saturated carbocycles. The molecule has 1 aliphatic rings. The van der Waals surface area contributed by atoms with Crippen LogP contribution in [0, 0.1) is 5.82 Å². The monoisotopic (exact) mass is 285 g/mol. The molecule has 108 valence electrons. The minimum Gasteiger partial charge on any atom is -0.324 e. The van der Waals surface area contributed by atoms with Crippen LogP contribution in [0.5, 0.6) is 0 Å². The van der Waals surface area contributed by atoms with Gasteiger partial charge in [0.2, 0.25) is 0 Å². The van der Waals surface area contributed by atoms with Gasteiger partial charge in [-0.1, -0.05) is 24.3 Å². The van der Waals surface area contributed by atoms with Crippen LogP contribution >= 0.6 is 0 Å². The number of para-hydroxylation sites is 1. The Balaban J connectivity index is 1.84. The first kappa shape index (κ1) is 13.6. The molecule has 0 spiro atoms. The zero-order chi connectivity index (χ0) is 14.8. The van der Waals surface area contributed by atoms with Crippen molar-refractivity contribution in [2.75, 3.05) is 16.8 Å². The molecule has 1 atom stereocenters. The third-order valence-electron chi connectivity index (χ3n) is 3.61. The molecule has 2 aromatic carbocycles. The van der Waals surface area contributed by atoms with Gasteiger partial charge in [0.1, 0.15) is 5.82 Å². The Morgan fingerprint density at radius 3 is 2.86 bits per heavy atom. The minimum atomic E-state index is -0.381. The summed E-state index contributed by atoms with van der Waals surface area (Å²) < 4.78 is 13.2. The van der Waals surface area contributed by atoms with E-state index < -0.39 is 0 Å². The van der Waals surface area contributed by atoms with Crippen LogP contribution in [-0.4, -0.2) is 12.6 Å². The molecule has 1 aliphatic heterocycles. The molecule has 0 aliphatic carbocycles. The summed E-state index contributed by atoms with van der Waals surface area (Å²) in [6.45, 7) is 0.541. The van der Waals surface area contributed by atoms with Crippen LogP contribution in [0.2, 0.25) is 0 Å². The highest BCUT2D eigenvalue weighted by Gasteiger charge is 2.26. The van der Waals surface area contributed by atoms with Gasteiger partial charge in [0, 0.05) is 18.3 Å². The van der Waals surface area contributed by atoms with E-state index in [-0.39, 0.29) is 17.9 Å². The van der Waals surface area contributed by atoms with Crippen molar-refractivity contribution in [2.24, 2.45) is 5.73 Å². The summed E-state index contributed by atoms with van der Waals surface area (Å²) in [6, 6.07) is 13.1. The first-order chi connectivity index (χ1) is 10.1. The highest BCUT2D eigenvalue weighted by atomic mass is 19.1. The molecular weight excluding hydrogens is 269 g/mol. The molecule has 2 amide bonds. The van der Waals surface area contributed by atoms with Gasteiger partial charge in [-0.15, -0.1) is 0 Å². The van der Waals surface area contributed by atoms with Crippen LogP contribution in [0.15, 0.2) is 48.5 Å². The second-order valence-electron chi connectivity index (χ2n) is 5.05. The summed E-state index contributed by atoms with van der Waals surface area (Å²) in [6.07, 6.45) is 0.702. The Morgan fingerprint density at radius 2 is 2.05 bits per heavy atom. The molecule has 1 heterocycles. The molecule has 0 aromatic heterocycles. The van der Waals surface area contributed by atoms with Crippen molar-refractivity contribution in [1.82, 2.24) is 0 Å². The predicted molar refractivity (Wildman–Crippen MR) is 80.8 cm³/mol. The number of rotatable bonds is 1. The lowest BCUT2D eigenvalue weighted by Crippen LogP contribution is -2.40. The number of urea groups is 1. The molecule has 2 aromatic rings. The van der Waals surface area contributed by atoms with Crippen molar-refractivity contribution in [2.45, 2.75) is 12.5 Å². The number of carbonyl (C=O) groups excluding carboxylic acids is 1. The van der Waals surface area contributed by atoms with E-state index in [1.54, 1.807) is 17.0 Å². The molecule has 21 heavy (non-hydrogen) atoms. The van der Waals surface area contributed by atoms with Gasteiger partial charge in [0.05, 0.1) is 5.69 Å². The minimum absolute atomic E-state index is 0.0561. The molecule has 3 rings (SSSR count). The smallest absolute Gasteiger partial charge is 0.324 e. The standard InChI is InChI=1S/C16H16FN3O/c17-11-4-3-5-12(10-11)19-16(21)20-9-8-14(18)13-6-1-2-7-15(13)20/h1-7,10,14H,8-9,18H2,(H,19,21). The van der Waals surface area contributed by atoms with E-state index in [1.165, 1.54) is 12.1 Å². The highest BCUT2D eigenvalue weighted by molar-refractivity contribution is 6.02. The second kappa shape index (κ2) is 5.54. The fourth-order valence-corrected chi connectivity index (χ4v) is 2.56. The number of nitrogens with one attached hydrogen (secondary N) is 1. The van der Waals surface area contributed by atoms with Crippen LogP contribution in [0.25, 0.3) is 0 Å². The molecule has 5 heteroatoms. The largest absolute Gasteiger partial charge is 0.326 e. The Morgan fingerprint density at radius 1 is 1.24 bits per heavy atom. The SMILES string of the molecule is NC1CCN(C(=O)Nc2cccc(F)c2)c2ccccc21. The van der Waals surface area contributed by atoms with Gasteiger partial charge in [0.25, 0.3) is 0 Å². The number of hydrogen-bond acceptors (Lipinski definition) is 2. The molecule has 0 saturated heterocycles. The van der Waals surface area contributed by atoms with Crippen LogP contribution in [0.3, 0.4) is 0 Å². The average molecular weight is 285 g/mol. The van der Waals surface area contributed by atoms with E-state index in [4.69, 9.17) is 5.73 Å². The molecular formula is C16H16FN3O. The van der Waals surface area contributed by atoms with Crippen LogP contribution in [0.4, 0.5) is 20.6 Å². The molecule has 3 N–H and O–H groups in total. The van der Waals surface area contributed by atoms with Crippen molar-refractivity contribution in [3.8, 4) is 0 Å². The summed E-state index contributed by atoms with van der Waals surface area (Å²) in [5.41, 5.74) is 8.28. The highest BCUT2D eigenvalue weighted by Crippen LogP contribution is 2.32. The van der Waals surface area contributed by atoms with E-state index >= 15 is 0 Å². The lowest BCUT2D eigenvalue weighted by Gasteiger charge is -2.32. The number of hydrogen-bond donors (Lipinski definition) is 2. The fraction of sp³-hybridized carbons (Fsp3) is 0.188. The quantitative estimate of drug-likeness (QED) is 0.845. The number of nitrogens with two attached hydrogens (primary N) is 1. The van der Waals surface area contributed by atoms with E-state index in [2.05, 4.69) is 5.32 Å². The van der Waals surface area contributed by atoms with Crippen LogP contribution < -0.4 is 16.0 Å². The number of carbonyl (C=O) groups is 1. The number of fused-ring (bicyclic) bond motifs is 1. The maximum absolute atomic E-state index is 13.2. The van der Waals surface area contributed by atoms with E-state index in [1.807, 2.05) is 24.3 Å². The summed E-state index contributed by atoms with van der Waals surface area (Å²) in [7, 11) is 0. The number of halogens is 1. The van der Waals surface area contributed by atoms with Crippen molar-refractivity contribution in [3.63, 3.8) is 0 Å². The molecule has 4 nitrogen and oxygen atoms in total. The number of benzene rings is 2. The second-order valence-corrected chi connectivity index (χ2v) is 5.05.